The van der Waals surface area contributed by atoms with Crippen LogP contribution in [0.4, 0.5) is 0 Å². The van der Waals surface area contributed by atoms with Crippen LogP contribution in [0.3, 0.4) is 0 Å². The lowest BCUT2D eigenvalue weighted by Crippen LogP contribution is -2.26. The van der Waals surface area contributed by atoms with Gasteiger partial charge >= 0.3 is 0 Å². The highest BCUT2D eigenvalue weighted by molar-refractivity contribution is 5.02. The number of nitrogens with zero attached hydrogens (tertiary/aromatic N) is 2. The zero-order valence-electron chi connectivity index (χ0n) is 13.6. The van der Waals surface area contributed by atoms with E-state index in [1.165, 1.54) is 70.0 Å². The van der Waals surface area contributed by atoms with E-state index in [0.29, 0.717) is 6.04 Å². The number of rotatable bonds is 8. The minimum absolute atomic E-state index is 0.668. The maximum Gasteiger partial charge on any atom is 0.0627 e. The molecule has 0 aliphatic heterocycles. The van der Waals surface area contributed by atoms with E-state index in [4.69, 9.17) is 5.10 Å². The third-order valence-corrected chi connectivity index (χ3v) is 5.08. The summed E-state index contributed by atoms with van der Waals surface area (Å²) in [7, 11) is 0. The van der Waals surface area contributed by atoms with Crippen molar-refractivity contribution in [2.75, 3.05) is 6.54 Å². The lowest BCUT2D eigenvalue weighted by Gasteiger charge is -2.22. The van der Waals surface area contributed by atoms with Crippen LogP contribution in [0, 0.1) is 5.92 Å². The minimum atomic E-state index is 0.668. The maximum absolute atomic E-state index is 4.89. The number of aromatic nitrogens is 2. The van der Waals surface area contributed by atoms with Gasteiger partial charge in [0.05, 0.1) is 11.7 Å². The first-order valence-electron chi connectivity index (χ1n) is 9.12. The Balaban J connectivity index is 1.52. The number of hydrogen-bond donors (Lipinski definition) is 1. The highest BCUT2D eigenvalue weighted by Crippen LogP contribution is 2.28. The quantitative estimate of drug-likeness (QED) is 0.781. The molecule has 1 aromatic rings. The number of hydrogen-bond acceptors (Lipinski definition) is 2. The van der Waals surface area contributed by atoms with Crippen LogP contribution in [0.2, 0.25) is 0 Å². The van der Waals surface area contributed by atoms with Crippen molar-refractivity contribution in [3.05, 3.63) is 18.0 Å². The van der Waals surface area contributed by atoms with Gasteiger partial charge in [0.2, 0.25) is 0 Å². The molecule has 0 amide bonds. The molecule has 2 saturated carbocycles. The average Bonchev–Trinajstić information content (AvgIpc) is 3.23. The van der Waals surface area contributed by atoms with Crippen molar-refractivity contribution < 1.29 is 0 Å². The SMILES string of the molecule is CCCC(CNC1CC1)Cc1ccn(C2CCCCC2)n1. The monoisotopic (exact) mass is 289 g/mol. The fourth-order valence-corrected chi connectivity index (χ4v) is 3.64. The molecule has 0 radical (unpaired) electrons. The molecule has 21 heavy (non-hydrogen) atoms. The fraction of sp³-hybridized carbons (Fsp3) is 0.833. The van der Waals surface area contributed by atoms with Gasteiger partial charge < -0.3 is 5.32 Å². The van der Waals surface area contributed by atoms with Gasteiger partial charge in [0, 0.05) is 12.2 Å². The Morgan fingerprint density at radius 2 is 2.05 bits per heavy atom. The van der Waals surface area contributed by atoms with Crippen molar-refractivity contribution >= 4 is 0 Å². The number of nitrogens with one attached hydrogen (secondary N) is 1. The van der Waals surface area contributed by atoms with Crippen LogP contribution < -0.4 is 5.32 Å². The van der Waals surface area contributed by atoms with E-state index >= 15 is 0 Å². The van der Waals surface area contributed by atoms with Gasteiger partial charge in [-0.25, -0.2) is 0 Å². The predicted octanol–water partition coefficient (Wildman–Crippen LogP) is 4.10. The highest BCUT2D eigenvalue weighted by atomic mass is 15.3. The van der Waals surface area contributed by atoms with E-state index in [1.807, 2.05) is 0 Å². The molecule has 0 aromatic carbocycles. The summed E-state index contributed by atoms with van der Waals surface area (Å²) in [5.41, 5.74) is 1.30. The van der Waals surface area contributed by atoms with E-state index in [9.17, 15) is 0 Å². The molecule has 3 heteroatoms. The van der Waals surface area contributed by atoms with E-state index < -0.39 is 0 Å². The van der Waals surface area contributed by atoms with Gasteiger partial charge in [-0.15, -0.1) is 0 Å². The molecule has 1 heterocycles. The van der Waals surface area contributed by atoms with Gasteiger partial charge in [0.15, 0.2) is 0 Å². The Kier molecular flexibility index (Phi) is 5.34. The summed E-state index contributed by atoms with van der Waals surface area (Å²) < 4.78 is 2.26. The molecule has 0 spiro atoms. The van der Waals surface area contributed by atoms with E-state index in [1.54, 1.807) is 0 Å². The standard InChI is InChI=1S/C18H31N3/c1-2-6-15(14-19-16-9-10-16)13-17-11-12-21(20-17)18-7-4-3-5-8-18/h11-12,15-16,18-19H,2-10,13-14H2,1H3. The van der Waals surface area contributed by atoms with Crippen molar-refractivity contribution in [1.82, 2.24) is 15.1 Å². The first-order chi connectivity index (χ1) is 10.3. The molecule has 2 aliphatic rings. The zero-order chi connectivity index (χ0) is 14.5. The Morgan fingerprint density at radius 3 is 2.76 bits per heavy atom. The molecular weight excluding hydrogens is 258 g/mol. The minimum Gasteiger partial charge on any atom is -0.314 e. The van der Waals surface area contributed by atoms with E-state index in [-0.39, 0.29) is 0 Å². The van der Waals surface area contributed by atoms with Crippen molar-refractivity contribution in [1.29, 1.82) is 0 Å². The maximum atomic E-state index is 4.89. The highest BCUT2D eigenvalue weighted by Gasteiger charge is 2.22. The average molecular weight is 289 g/mol. The van der Waals surface area contributed by atoms with Gasteiger partial charge in [-0.05, 0) is 57.1 Å². The van der Waals surface area contributed by atoms with E-state index in [0.717, 1.165) is 18.4 Å². The molecule has 3 rings (SSSR count). The van der Waals surface area contributed by atoms with Gasteiger partial charge in [-0.1, -0.05) is 32.6 Å². The lowest BCUT2D eigenvalue weighted by atomic mass is 9.96. The molecule has 0 saturated heterocycles. The Bertz CT molecular complexity index is 416. The second-order valence-corrected chi connectivity index (χ2v) is 7.12. The Labute approximate surface area is 129 Å². The predicted molar refractivity (Wildman–Crippen MR) is 87.5 cm³/mol. The Morgan fingerprint density at radius 1 is 1.24 bits per heavy atom. The van der Waals surface area contributed by atoms with E-state index in [2.05, 4.69) is 29.2 Å². The summed E-state index contributed by atoms with van der Waals surface area (Å²) in [6.07, 6.45) is 15.5. The Hall–Kier alpha value is -0.830. The molecular formula is C18H31N3. The summed E-state index contributed by atoms with van der Waals surface area (Å²) in [6.45, 7) is 3.47. The van der Waals surface area contributed by atoms with Crippen LogP contribution in [0.1, 0.15) is 76.4 Å². The lowest BCUT2D eigenvalue weighted by molar-refractivity contribution is 0.326. The van der Waals surface area contributed by atoms with Crippen LogP contribution >= 0.6 is 0 Å². The third kappa shape index (κ3) is 4.57. The van der Waals surface area contributed by atoms with Gasteiger partial charge in [-0.2, -0.15) is 5.10 Å². The summed E-state index contributed by atoms with van der Waals surface area (Å²) in [5.74, 6) is 0.755. The summed E-state index contributed by atoms with van der Waals surface area (Å²) in [6, 6.07) is 3.75. The van der Waals surface area contributed by atoms with Crippen LogP contribution in [0.15, 0.2) is 12.3 Å². The first-order valence-corrected chi connectivity index (χ1v) is 9.12. The van der Waals surface area contributed by atoms with Crippen LogP contribution in [-0.4, -0.2) is 22.4 Å². The van der Waals surface area contributed by atoms with Crippen molar-refractivity contribution in [3.63, 3.8) is 0 Å². The normalized spacial score (nSPS) is 21.6. The third-order valence-electron chi connectivity index (χ3n) is 5.08. The molecule has 3 nitrogen and oxygen atoms in total. The zero-order valence-corrected chi connectivity index (χ0v) is 13.6. The van der Waals surface area contributed by atoms with Crippen LogP contribution in [0.5, 0.6) is 0 Å². The molecule has 1 unspecified atom stereocenters. The van der Waals surface area contributed by atoms with Crippen molar-refractivity contribution in [3.8, 4) is 0 Å². The molecule has 0 bridgehead atoms. The van der Waals surface area contributed by atoms with Crippen molar-refractivity contribution in [2.24, 2.45) is 5.92 Å². The second-order valence-electron chi connectivity index (χ2n) is 7.12. The molecule has 1 aromatic heterocycles. The smallest absolute Gasteiger partial charge is 0.0627 e. The van der Waals surface area contributed by atoms with Crippen LogP contribution in [-0.2, 0) is 6.42 Å². The molecule has 118 valence electrons. The molecule has 2 aliphatic carbocycles. The molecule has 1 atom stereocenters. The van der Waals surface area contributed by atoms with Gasteiger partial charge in [-0.3, -0.25) is 4.68 Å². The summed E-state index contributed by atoms with van der Waals surface area (Å²) in [4.78, 5) is 0. The summed E-state index contributed by atoms with van der Waals surface area (Å²) in [5, 5.41) is 8.58. The van der Waals surface area contributed by atoms with Gasteiger partial charge in [0.1, 0.15) is 0 Å². The second kappa shape index (κ2) is 7.44. The van der Waals surface area contributed by atoms with Crippen molar-refractivity contribution in [2.45, 2.75) is 83.2 Å². The van der Waals surface area contributed by atoms with Gasteiger partial charge in [0.25, 0.3) is 0 Å². The molecule has 1 N–H and O–H groups in total. The largest absolute Gasteiger partial charge is 0.314 e. The fourth-order valence-electron chi connectivity index (χ4n) is 3.64. The first kappa shape index (κ1) is 15.1. The van der Waals surface area contributed by atoms with Crippen LogP contribution in [0.25, 0.3) is 0 Å². The summed E-state index contributed by atoms with van der Waals surface area (Å²) >= 11 is 0. The molecule has 2 fully saturated rings. The topological polar surface area (TPSA) is 29.9 Å².